The third kappa shape index (κ3) is 2.87. The van der Waals surface area contributed by atoms with Crippen LogP contribution in [-0.2, 0) is 6.61 Å². The Labute approximate surface area is 105 Å². The van der Waals surface area contributed by atoms with E-state index in [0.29, 0.717) is 11.8 Å². The maximum atomic E-state index is 9.48. The maximum Gasteiger partial charge on any atom is 0.253 e. The third-order valence-corrected chi connectivity index (χ3v) is 2.60. The zero-order valence-corrected chi connectivity index (χ0v) is 10.7. The van der Waals surface area contributed by atoms with Gasteiger partial charge in [0.05, 0.1) is 6.10 Å². The first-order valence-electron chi connectivity index (χ1n) is 5.76. The van der Waals surface area contributed by atoms with Crippen molar-refractivity contribution < 1.29 is 14.3 Å². The van der Waals surface area contributed by atoms with Gasteiger partial charge in [-0.25, -0.2) is 0 Å². The standard InChI is InChI=1S/C13H16N2O3/c1-8-6-11(9(2)16)4-5-12(8)17-7-13-15-14-10(3)18-13/h4-6,9,16H,7H2,1-3H3/t9-/m1/s1. The normalized spacial score (nSPS) is 12.4. The lowest BCUT2D eigenvalue weighted by atomic mass is 10.1. The summed E-state index contributed by atoms with van der Waals surface area (Å²) in [5.41, 5.74) is 1.83. The molecular weight excluding hydrogens is 232 g/mol. The molecule has 0 radical (unpaired) electrons. The number of aryl methyl sites for hydroxylation is 2. The molecule has 0 spiro atoms. The van der Waals surface area contributed by atoms with Crippen LogP contribution in [0.3, 0.4) is 0 Å². The zero-order valence-electron chi connectivity index (χ0n) is 10.7. The Kier molecular flexibility index (Phi) is 3.62. The number of aromatic nitrogens is 2. The van der Waals surface area contributed by atoms with Gasteiger partial charge in [-0.2, -0.15) is 0 Å². The van der Waals surface area contributed by atoms with Gasteiger partial charge in [0, 0.05) is 6.92 Å². The van der Waals surface area contributed by atoms with Crippen molar-refractivity contribution >= 4 is 0 Å². The highest BCUT2D eigenvalue weighted by Crippen LogP contribution is 2.23. The highest BCUT2D eigenvalue weighted by molar-refractivity contribution is 5.36. The Hall–Kier alpha value is -1.88. The molecule has 1 N–H and O–H groups in total. The SMILES string of the molecule is Cc1nnc(COc2ccc([C@@H](C)O)cc2C)o1. The molecule has 0 unspecified atom stereocenters. The van der Waals surface area contributed by atoms with Crippen LogP contribution in [-0.4, -0.2) is 15.3 Å². The van der Waals surface area contributed by atoms with Gasteiger partial charge in [-0.15, -0.1) is 10.2 Å². The van der Waals surface area contributed by atoms with Gasteiger partial charge in [-0.3, -0.25) is 0 Å². The number of ether oxygens (including phenoxy) is 1. The van der Waals surface area contributed by atoms with Gasteiger partial charge in [-0.05, 0) is 37.1 Å². The highest BCUT2D eigenvalue weighted by atomic mass is 16.5. The fourth-order valence-electron chi connectivity index (χ4n) is 1.63. The van der Waals surface area contributed by atoms with Crippen molar-refractivity contribution in [1.29, 1.82) is 0 Å². The van der Waals surface area contributed by atoms with Crippen LogP contribution in [0.15, 0.2) is 22.6 Å². The summed E-state index contributed by atoms with van der Waals surface area (Å²) in [5.74, 6) is 1.72. The molecule has 1 atom stereocenters. The van der Waals surface area contributed by atoms with Gasteiger partial charge in [0.2, 0.25) is 5.89 Å². The fraction of sp³-hybridized carbons (Fsp3) is 0.385. The molecule has 0 aliphatic rings. The smallest absolute Gasteiger partial charge is 0.253 e. The van der Waals surface area contributed by atoms with E-state index in [2.05, 4.69) is 10.2 Å². The van der Waals surface area contributed by atoms with Crippen molar-refractivity contribution in [1.82, 2.24) is 10.2 Å². The predicted molar refractivity (Wildman–Crippen MR) is 65.2 cm³/mol. The van der Waals surface area contributed by atoms with E-state index in [4.69, 9.17) is 9.15 Å². The van der Waals surface area contributed by atoms with Crippen molar-refractivity contribution in [3.05, 3.63) is 41.1 Å². The van der Waals surface area contributed by atoms with Crippen LogP contribution < -0.4 is 4.74 Å². The Morgan fingerprint density at radius 3 is 2.67 bits per heavy atom. The van der Waals surface area contributed by atoms with Gasteiger partial charge < -0.3 is 14.3 Å². The van der Waals surface area contributed by atoms with E-state index in [1.54, 1.807) is 13.8 Å². The first-order chi connectivity index (χ1) is 8.56. The van der Waals surface area contributed by atoms with Crippen LogP contribution in [0, 0.1) is 13.8 Å². The Morgan fingerprint density at radius 1 is 1.33 bits per heavy atom. The molecule has 2 aromatic rings. The van der Waals surface area contributed by atoms with Crippen molar-refractivity contribution in [2.24, 2.45) is 0 Å². The van der Waals surface area contributed by atoms with E-state index in [1.165, 1.54) is 0 Å². The number of benzene rings is 1. The van der Waals surface area contributed by atoms with Gasteiger partial charge in [0.1, 0.15) is 5.75 Å². The van der Waals surface area contributed by atoms with E-state index < -0.39 is 6.10 Å². The van der Waals surface area contributed by atoms with E-state index in [1.807, 2.05) is 25.1 Å². The Morgan fingerprint density at radius 2 is 2.11 bits per heavy atom. The molecule has 0 bridgehead atoms. The average molecular weight is 248 g/mol. The summed E-state index contributed by atoms with van der Waals surface area (Å²) in [4.78, 5) is 0. The summed E-state index contributed by atoms with van der Waals surface area (Å²) in [6.45, 7) is 5.64. The number of aliphatic hydroxyl groups excluding tert-OH is 1. The zero-order chi connectivity index (χ0) is 13.1. The first-order valence-corrected chi connectivity index (χ1v) is 5.76. The second-order valence-electron chi connectivity index (χ2n) is 4.20. The first kappa shape index (κ1) is 12.6. The van der Waals surface area contributed by atoms with Crippen LogP contribution in [0.4, 0.5) is 0 Å². The minimum absolute atomic E-state index is 0.246. The molecule has 1 heterocycles. The number of nitrogens with zero attached hydrogens (tertiary/aromatic N) is 2. The molecule has 1 aromatic heterocycles. The Bertz CT molecular complexity index is 535. The molecular formula is C13H16N2O3. The van der Waals surface area contributed by atoms with Crippen LogP contribution in [0.2, 0.25) is 0 Å². The molecule has 0 fully saturated rings. The lowest BCUT2D eigenvalue weighted by Crippen LogP contribution is -1.99. The lowest BCUT2D eigenvalue weighted by molar-refractivity contribution is 0.199. The number of aliphatic hydroxyl groups is 1. The summed E-state index contributed by atoms with van der Waals surface area (Å²) in [6, 6.07) is 5.58. The summed E-state index contributed by atoms with van der Waals surface area (Å²) >= 11 is 0. The quantitative estimate of drug-likeness (QED) is 0.899. The molecule has 0 saturated carbocycles. The Balaban J connectivity index is 2.05. The minimum Gasteiger partial charge on any atom is -0.484 e. The topological polar surface area (TPSA) is 68.4 Å². The van der Waals surface area contributed by atoms with Crippen LogP contribution in [0.1, 0.15) is 35.9 Å². The van der Waals surface area contributed by atoms with Crippen LogP contribution in [0.25, 0.3) is 0 Å². The molecule has 5 heteroatoms. The van der Waals surface area contributed by atoms with E-state index in [0.717, 1.165) is 16.9 Å². The molecule has 2 rings (SSSR count). The highest BCUT2D eigenvalue weighted by Gasteiger charge is 2.07. The molecule has 0 saturated heterocycles. The summed E-state index contributed by atoms with van der Waals surface area (Å²) in [5, 5.41) is 17.1. The van der Waals surface area contributed by atoms with E-state index >= 15 is 0 Å². The minimum atomic E-state index is -0.476. The predicted octanol–water partition coefficient (Wildman–Crippen LogP) is 2.32. The molecule has 0 aliphatic carbocycles. The van der Waals surface area contributed by atoms with Crippen molar-refractivity contribution in [2.75, 3.05) is 0 Å². The average Bonchev–Trinajstić information content (AvgIpc) is 2.73. The number of rotatable bonds is 4. The van der Waals surface area contributed by atoms with Gasteiger partial charge in [0.15, 0.2) is 6.61 Å². The molecule has 18 heavy (non-hydrogen) atoms. The summed E-state index contributed by atoms with van der Waals surface area (Å²) < 4.78 is 10.8. The monoisotopic (exact) mass is 248 g/mol. The largest absolute Gasteiger partial charge is 0.484 e. The second-order valence-corrected chi connectivity index (χ2v) is 4.20. The van der Waals surface area contributed by atoms with Crippen molar-refractivity contribution in [2.45, 2.75) is 33.5 Å². The van der Waals surface area contributed by atoms with Gasteiger partial charge in [-0.1, -0.05) is 6.07 Å². The molecule has 1 aromatic carbocycles. The number of hydrogen-bond donors (Lipinski definition) is 1. The van der Waals surface area contributed by atoms with E-state index in [-0.39, 0.29) is 6.61 Å². The number of hydrogen-bond acceptors (Lipinski definition) is 5. The van der Waals surface area contributed by atoms with Gasteiger partial charge >= 0.3 is 0 Å². The molecule has 0 amide bonds. The third-order valence-electron chi connectivity index (χ3n) is 2.60. The maximum absolute atomic E-state index is 9.48. The molecule has 96 valence electrons. The van der Waals surface area contributed by atoms with E-state index in [9.17, 15) is 5.11 Å². The molecule has 5 nitrogen and oxygen atoms in total. The van der Waals surface area contributed by atoms with Crippen LogP contribution in [0.5, 0.6) is 5.75 Å². The second kappa shape index (κ2) is 5.18. The van der Waals surface area contributed by atoms with Gasteiger partial charge in [0.25, 0.3) is 5.89 Å². The van der Waals surface area contributed by atoms with Crippen LogP contribution >= 0.6 is 0 Å². The van der Waals surface area contributed by atoms with Crippen molar-refractivity contribution in [3.8, 4) is 5.75 Å². The summed E-state index contributed by atoms with van der Waals surface area (Å²) in [6.07, 6.45) is -0.476. The fourth-order valence-corrected chi connectivity index (χ4v) is 1.63. The molecule has 0 aliphatic heterocycles. The summed E-state index contributed by atoms with van der Waals surface area (Å²) in [7, 11) is 0. The van der Waals surface area contributed by atoms with Crippen molar-refractivity contribution in [3.63, 3.8) is 0 Å². The lowest BCUT2D eigenvalue weighted by Gasteiger charge is -2.10.